The molecule has 3 unspecified atom stereocenters. The van der Waals surface area contributed by atoms with Crippen molar-refractivity contribution in [2.75, 3.05) is 13.2 Å². The van der Waals surface area contributed by atoms with Gasteiger partial charge in [0, 0.05) is 6.07 Å². The van der Waals surface area contributed by atoms with Crippen LogP contribution in [0.25, 0.3) is 0 Å². The number of hydrogen-bond donors (Lipinski definition) is 1. The van der Waals surface area contributed by atoms with Crippen molar-refractivity contribution in [2.45, 2.75) is 25.7 Å². The third-order valence-electron chi connectivity index (χ3n) is 4.59. The van der Waals surface area contributed by atoms with E-state index in [0.717, 1.165) is 11.8 Å². The van der Waals surface area contributed by atoms with Crippen LogP contribution >= 0.6 is 0 Å². The van der Waals surface area contributed by atoms with Gasteiger partial charge in [-0.3, -0.25) is 0 Å². The Balaban J connectivity index is 1.59. The van der Waals surface area contributed by atoms with Gasteiger partial charge < -0.3 is 9.84 Å². The number of aliphatic hydroxyl groups is 1. The zero-order valence-corrected chi connectivity index (χ0v) is 11.4. The average molecular weight is 274 g/mol. The molecule has 2 aliphatic rings. The molecule has 3 atom stereocenters. The maximum absolute atomic E-state index is 13.8. The molecular weight excluding hydrogens is 255 g/mol. The number of aliphatic hydroxyl groups excluding tert-OH is 1. The first kappa shape index (κ1) is 13.5. The Hall–Kier alpha value is -1.53. The zero-order chi connectivity index (χ0) is 13.9. The highest BCUT2D eigenvalue weighted by molar-refractivity contribution is 5.39. The summed E-state index contributed by atoms with van der Waals surface area (Å²) < 4.78 is 19.5. The summed E-state index contributed by atoms with van der Waals surface area (Å²) in [5.74, 6) is 7.57. The van der Waals surface area contributed by atoms with E-state index < -0.39 is 5.82 Å². The molecule has 0 aliphatic heterocycles. The molecule has 20 heavy (non-hydrogen) atoms. The van der Waals surface area contributed by atoms with Gasteiger partial charge in [-0.25, -0.2) is 4.39 Å². The van der Waals surface area contributed by atoms with E-state index in [9.17, 15) is 4.39 Å². The standard InChI is InChI=1S/C17H19FO2/c18-17-10-16(6-5-13(17)2-1-7-19)20-11-15-9-12-3-4-14(15)8-12/h5-6,10,12,14-15,19H,3-4,7-9,11H2. The molecule has 106 valence electrons. The molecule has 2 bridgehead atoms. The molecule has 2 fully saturated rings. The molecule has 0 saturated heterocycles. The van der Waals surface area contributed by atoms with E-state index in [0.29, 0.717) is 23.8 Å². The van der Waals surface area contributed by atoms with E-state index >= 15 is 0 Å². The Morgan fingerprint density at radius 3 is 2.85 bits per heavy atom. The fraction of sp³-hybridized carbons (Fsp3) is 0.529. The summed E-state index contributed by atoms with van der Waals surface area (Å²) in [7, 11) is 0. The van der Waals surface area contributed by atoms with Crippen molar-refractivity contribution in [2.24, 2.45) is 17.8 Å². The van der Waals surface area contributed by atoms with Crippen LogP contribution in [0.2, 0.25) is 0 Å². The highest BCUT2D eigenvalue weighted by Gasteiger charge is 2.39. The van der Waals surface area contributed by atoms with Crippen molar-refractivity contribution in [1.29, 1.82) is 0 Å². The third-order valence-corrected chi connectivity index (χ3v) is 4.59. The molecule has 1 aromatic carbocycles. The number of rotatable bonds is 3. The van der Waals surface area contributed by atoms with Crippen molar-refractivity contribution in [3.63, 3.8) is 0 Å². The molecule has 3 rings (SSSR count). The minimum atomic E-state index is -0.392. The highest BCUT2D eigenvalue weighted by Crippen LogP contribution is 2.48. The Morgan fingerprint density at radius 1 is 1.30 bits per heavy atom. The molecule has 1 N–H and O–H groups in total. The molecule has 0 spiro atoms. The van der Waals surface area contributed by atoms with Crippen molar-refractivity contribution in [1.82, 2.24) is 0 Å². The first-order valence-corrected chi connectivity index (χ1v) is 7.28. The second-order valence-electron chi connectivity index (χ2n) is 5.85. The fourth-order valence-corrected chi connectivity index (χ4v) is 3.61. The van der Waals surface area contributed by atoms with Crippen LogP contribution in [-0.4, -0.2) is 18.3 Å². The number of hydrogen-bond acceptors (Lipinski definition) is 2. The normalized spacial score (nSPS) is 27.2. The minimum absolute atomic E-state index is 0.262. The Bertz CT molecular complexity index is 544. The SMILES string of the molecule is OCC#Cc1ccc(OCC2CC3CCC2C3)cc1F. The summed E-state index contributed by atoms with van der Waals surface area (Å²) in [6, 6.07) is 4.74. The van der Waals surface area contributed by atoms with E-state index in [2.05, 4.69) is 11.8 Å². The Labute approximate surface area is 119 Å². The van der Waals surface area contributed by atoms with E-state index in [4.69, 9.17) is 9.84 Å². The topological polar surface area (TPSA) is 29.5 Å². The van der Waals surface area contributed by atoms with Gasteiger partial charge in [0.25, 0.3) is 0 Å². The van der Waals surface area contributed by atoms with Gasteiger partial charge in [0.05, 0.1) is 12.2 Å². The number of ether oxygens (including phenoxy) is 1. The summed E-state index contributed by atoms with van der Waals surface area (Å²) in [6.07, 6.45) is 5.35. The van der Waals surface area contributed by atoms with Gasteiger partial charge in [-0.15, -0.1) is 0 Å². The lowest BCUT2D eigenvalue weighted by molar-refractivity contribution is 0.194. The summed E-state index contributed by atoms with van der Waals surface area (Å²) >= 11 is 0. The van der Waals surface area contributed by atoms with Crippen molar-refractivity contribution in [3.05, 3.63) is 29.6 Å². The molecule has 0 amide bonds. The van der Waals surface area contributed by atoms with Gasteiger partial charge in [-0.2, -0.15) is 0 Å². The first-order valence-electron chi connectivity index (χ1n) is 7.28. The van der Waals surface area contributed by atoms with E-state index in [1.807, 2.05) is 0 Å². The van der Waals surface area contributed by atoms with Gasteiger partial charge >= 0.3 is 0 Å². The molecule has 0 heterocycles. The number of halogens is 1. The Morgan fingerprint density at radius 2 is 2.20 bits per heavy atom. The quantitative estimate of drug-likeness (QED) is 0.859. The van der Waals surface area contributed by atoms with Gasteiger partial charge in [0.15, 0.2) is 0 Å². The second kappa shape index (κ2) is 5.85. The van der Waals surface area contributed by atoms with Crippen LogP contribution in [0.1, 0.15) is 31.2 Å². The van der Waals surface area contributed by atoms with Crippen molar-refractivity contribution >= 4 is 0 Å². The van der Waals surface area contributed by atoms with Gasteiger partial charge in [0.2, 0.25) is 0 Å². The van der Waals surface area contributed by atoms with Crippen LogP contribution in [0.3, 0.4) is 0 Å². The highest BCUT2D eigenvalue weighted by atomic mass is 19.1. The monoisotopic (exact) mass is 274 g/mol. The summed E-state index contributed by atoms with van der Waals surface area (Å²) in [5, 5.41) is 8.61. The predicted molar refractivity (Wildman–Crippen MR) is 74.8 cm³/mol. The van der Waals surface area contributed by atoms with Crippen LogP contribution in [0, 0.1) is 35.4 Å². The molecule has 2 nitrogen and oxygen atoms in total. The van der Waals surface area contributed by atoms with Crippen molar-refractivity contribution in [3.8, 4) is 17.6 Å². The first-order chi connectivity index (χ1) is 9.76. The summed E-state index contributed by atoms with van der Waals surface area (Å²) in [6.45, 7) is 0.435. The lowest BCUT2D eigenvalue weighted by Gasteiger charge is -2.21. The largest absolute Gasteiger partial charge is 0.493 e. The molecule has 2 saturated carbocycles. The molecule has 0 radical (unpaired) electrons. The molecule has 0 aromatic heterocycles. The number of benzene rings is 1. The minimum Gasteiger partial charge on any atom is -0.493 e. The zero-order valence-electron chi connectivity index (χ0n) is 11.4. The second-order valence-corrected chi connectivity index (χ2v) is 5.85. The van der Waals surface area contributed by atoms with Crippen LogP contribution in [-0.2, 0) is 0 Å². The van der Waals surface area contributed by atoms with Crippen LogP contribution in [0.5, 0.6) is 5.75 Å². The molecule has 3 heteroatoms. The lowest BCUT2D eigenvalue weighted by Crippen LogP contribution is -2.18. The van der Waals surface area contributed by atoms with Gasteiger partial charge in [-0.05, 0) is 49.1 Å². The maximum Gasteiger partial charge on any atom is 0.142 e. The van der Waals surface area contributed by atoms with Crippen molar-refractivity contribution < 1.29 is 14.2 Å². The van der Waals surface area contributed by atoms with E-state index in [-0.39, 0.29) is 6.61 Å². The van der Waals surface area contributed by atoms with Crippen LogP contribution in [0.15, 0.2) is 18.2 Å². The molecular formula is C17H19FO2. The summed E-state index contributed by atoms with van der Waals surface area (Å²) in [4.78, 5) is 0. The van der Waals surface area contributed by atoms with Crippen LogP contribution in [0.4, 0.5) is 4.39 Å². The van der Waals surface area contributed by atoms with Crippen LogP contribution < -0.4 is 4.74 Å². The smallest absolute Gasteiger partial charge is 0.142 e. The van der Waals surface area contributed by atoms with Gasteiger partial charge in [-0.1, -0.05) is 18.3 Å². The number of fused-ring (bicyclic) bond motifs is 2. The third kappa shape index (κ3) is 2.81. The summed E-state index contributed by atoms with van der Waals surface area (Å²) in [5.41, 5.74) is 0.298. The van der Waals surface area contributed by atoms with E-state index in [1.165, 1.54) is 31.7 Å². The molecule has 2 aliphatic carbocycles. The lowest BCUT2D eigenvalue weighted by atomic mass is 9.89. The average Bonchev–Trinajstić information content (AvgIpc) is 3.06. The Kier molecular flexibility index (Phi) is 3.93. The predicted octanol–water partition coefficient (Wildman–Crippen LogP) is 2.98. The molecule has 1 aromatic rings. The van der Waals surface area contributed by atoms with Gasteiger partial charge in [0.1, 0.15) is 18.2 Å². The fourth-order valence-electron chi connectivity index (χ4n) is 3.61. The van der Waals surface area contributed by atoms with E-state index in [1.54, 1.807) is 12.1 Å². The maximum atomic E-state index is 13.8.